The molecule has 0 atom stereocenters. The molecular formula is C11H12N2S. The van der Waals surface area contributed by atoms with Gasteiger partial charge in [0.2, 0.25) is 0 Å². The van der Waals surface area contributed by atoms with Gasteiger partial charge in [0.1, 0.15) is 0 Å². The second-order valence-corrected chi connectivity index (χ2v) is 4.42. The number of benzene rings is 1. The van der Waals surface area contributed by atoms with E-state index in [1.807, 2.05) is 30.0 Å². The number of rotatable bonds is 0. The molecule has 1 aromatic rings. The normalized spacial score (nSPS) is 15.6. The Kier molecular flexibility index (Phi) is 2.95. The van der Waals surface area contributed by atoms with Gasteiger partial charge >= 0.3 is 0 Å². The number of nitrogens with zero attached hydrogens (tertiary/aromatic N) is 1. The van der Waals surface area contributed by atoms with Gasteiger partial charge in [-0.15, -0.1) is 0 Å². The number of hydrogen-bond donors (Lipinski definition) is 1. The quantitative estimate of drug-likeness (QED) is 0.705. The van der Waals surface area contributed by atoms with E-state index < -0.39 is 0 Å². The summed E-state index contributed by atoms with van der Waals surface area (Å²) in [6.45, 7) is 1.03. The van der Waals surface area contributed by atoms with Gasteiger partial charge < -0.3 is 5.32 Å². The van der Waals surface area contributed by atoms with E-state index in [0.717, 1.165) is 17.9 Å². The molecule has 14 heavy (non-hydrogen) atoms. The summed E-state index contributed by atoms with van der Waals surface area (Å²) in [5.74, 6) is 2.21. The number of fused-ring (bicyclic) bond motifs is 1. The molecule has 1 aliphatic heterocycles. The molecule has 0 fully saturated rings. The Morgan fingerprint density at radius 1 is 1.43 bits per heavy atom. The summed E-state index contributed by atoms with van der Waals surface area (Å²) in [5.41, 5.74) is 3.21. The highest BCUT2D eigenvalue weighted by atomic mass is 32.2. The SMILES string of the molecule is N#Cc1ccc2c(c1)CSCCCN2. The molecule has 1 heterocycles. The topological polar surface area (TPSA) is 35.8 Å². The second kappa shape index (κ2) is 4.39. The molecule has 0 saturated carbocycles. The van der Waals surface area contributed by atoms with Crippen LogP contribution in [0.5, 0.6) is 0 Å². The van der Waals surface area contributed by atoms with Gasteiger partial charge in [-0.25, -0.2) is 0 Å². The lowest BCUT2D eigenvalue weighted by Gasteiger charge is -2.15. The first-order valence-electron chi connectivity index (χ1n) is 4.75. The Morgan fingerprint density at radius 3 is 3.21 bits per heavy atom. The molecule has 3 heteroatoms. The first kappa shape index (κ1) is 9.42. The van der Waals surface area contributed by atoms with Gasteiger partial charge in [0.05, 0.1) is 11.6 Å². The maximum atomic E-state index is 8.79. The Morgan fingerprint density at radius 2 is 2.36 bits per heavy atom. The summed E-state index contributed by atoms with van der Waals surface area (Å²) in [4.78, 5) is 0. The largest absolute Gasteiger partial charge is 0.385 e. The third kappa shape index (κ3) is 2.02. The summed E-state index contributed by atoms with van der Waals surface area (Å²) >= 11 is 1.94. The Bertz CT molecular complexity index is 368. The van der Waals surface area contributed by atoms with Crippen LogP contribution in [0.15, 0.2) is 18.2 Å². The summed E-state index contributed by atoms with van der Waals surface area (Å²) in [5, 5.41) is 12.2. The van der Waals surface area contributed by atoms with Crippen molar-refractivity contribution < 1.29 is 0 Å². The molecule has 0 aromatic heterocycles. The molecule has 0 radical (unpaired) electrons. The van der Waals surface area contributed by atoms with Crippen LogP contribution in [0.3, 0.4) is 0 Å². The third-order valence-corrected chi connectivity index (χ3v) is 3.37. The van der Waals surface area contributed by atoms with E-state index in [1.165, 1.54) is 23.4 Å². The van der Waals surface area contributed by atoms with Crippen molar-refractivity contribution in [1.29, 1.82) is 5.26 Å². The van der Waals surface area contributed by atoms with Crippen molar-refractivity contribution in [3.63, 3.8) is 0 Å². The van der Waals surface area contributed by atoms with Gasteiger partial charge in [-0.1, -0.05) is 0 Å². The van der Waals surface area contributed by atoms with Crippen molar-refractivity contribution in [3.05, 3.63) is 29.3 Å². The molecule has 1 aromatic carbocycles. The van der Waals surface area contributed by atoms with Gasteiger partial charge in [-0.3, -0.25) is 0 Å². The molecule has 2 nitrogen and oxygen atoms in total. The monoisotopic (exact) mass is 204 g/mol. The zero-order valence-electron chi connectivity index (χ0n) is 7.92. The fraction of sp³-hybridized carbons (Fsp3) is 0.364. The van der Waals surface area contributed by atoms with E-state index >= 15 is 0 Å². The van der Waals surface area contributed by atoms with Gasteiger partial charge in [0, 0.05) is 18.0 Å². The van der Waals surface area contributed by atoms with E-state index in [1.54, 1.807) is 0 Å². The van der Waals surface area contributed by atoms with Gasteiger partial charge in [0.25, 0.3) is 0 Å². The number of hydrogen-bond acceptors (Lipinski definition) is 3. The van der Waals surface area contributed by atoms with Crippen LogP contribution in [0.25, 0.3) is 0 Å². The van der Waals surface area contributed by atoms with E-state index in [0.29, 0.717) is 0 Å². The van der Waals surface area contributed by atoms with E-state index in [-0.39, 0.29) is 0 Å². The lowest BCUT2D eigenvalue weighted by molar-refractivity contribution is 0.981. The first-order chi connectivity index (χ1) is 6.90. The van der Waals surface area contributed by atoms with Crippen LogP contribution in [0.4, 0.5) is 5.69 Å². The average Bonchev–Trinajstić information content (AvgIpc) is 2.18. The Hall–Kier alpha value is -1.14. The summed E-state index contributed by atoms with van der Waals surface area (Å²) in [6.07, 6.45) is 1.21. The molecule has 2 rings (SSSR count). The van der Waals surface area contributed by atoms with Gasteiger partial charge in [0.15, 0.2) is 0 Å². The Labute approximate surface area is 88.3 Å². The van der Waals surface area contributed by atoms with Crippen molar-refractivity contribution in [2.75, 3.05) is 17.6 Å². The highest BCUT2D eigenvalue weighted by molar-refractivity contribution is 7.98. The number of nitrogens with one attached hydrogen (secondary N) is 1. The molecule has 0 saturated heterocycles. The smallest absolute Gasteiger partial charge is 0.0991 e. The number of nitriles is 1. The predicted octanol–water partition coefficient (Wildman–Crippen LogP) is 2.61. The standard InChI is InChI=1S/C11H12N2S/c12-7-9-2-3-11-10(6-9)8-14-5-1-4-13-11/h2-3,6,13H,1,4-5,8H2. The molecule has 0 spiro atoms. The van der Waals surface area contributed by atoms with Crippen molar-refractivity contribution in [1.82, 2.24) is 0 Å². The molecule has 1 aliphatic rings. The first-order valence-corrected chi connectivity index (χ1v) is 5.90. The zero-order valence-corrected chi connectivity index (χ0v) is 8.73. The second-order valence-electron chi connectivity index (χ2n) is 3.32. The van der Waals surface area contributed by atoms with E-state index in [9.17, 15) is 0 Å². The van der Waals surface area contributed by atoms with Crippen molar-refractivity contribution in [2.24, 2.45) is 0 Å². The highest BCUT2D eigenvalue weighted by Crippen LogP contribution is 2.24. The number of thioether (sulfide) groups is 1. The average molecular weight is 204 g/mol. The predicted molar refractivity (Wildman–Crippen MR) is 60.4 cm³/mol. The minimum Gasteiger partial charge on any atom is -0.385 e. The van der Waals surface area contributed by atoms with Crippen LogP contribution >= 0.6 is 11.8 Å². The van der Waals surface area contributed by atoms with Crippen molar-refractivity contribution in [2.45, 2.75) is 12.2 Å². The lowest BCUT2D eigenvalue weighted by Crippen LogP contribution is -2.07. The van der Waals surface area contributed by atoms with Crippen LogP contribution in [0.2, 0.25) is 0 Å². The third-order valence-electron chi connectivity index (χ3n) is 2.27. The summed E-state index contributed by atoms with van der Waals surface area (Å²) in [6, 6.07) is 8.05. The van der Waals surface area contributed by atoms with Crippen LogP contribution in [-0.4, -0.2) is 12.3 Å². The van der Waals surface area contributed by atoms with Crippen LogP contribution in [0.1, 0.15) is 17.5 Å². The zero-order chi connectivity index (χ0) is 9.80. The van der Waals surface area contributed by atoms with E-state index in [2.05, 4.69) is 11.4 Å². The maximum Gasteiger partial charge on any atom is 0.0991 e. The summed E-state index contributed by atoms with van der Waals surface area (Å²) in [7, 11) is 0. The van der Waals surface area contributed by atoms with Crippen molar-refractivity contribution in [3.8, 4) is 6.07 Å². The molecule has 72 valence electrons. The lowest BCUT2D eigenvalue weighted by atomic mass is 10.1. The fourth-order valence-corrected chi connectivity index (χ4v) is 2.49. The van der Waals surface area contributed by atoms with Crippen LogP contribution in [-0.2, 0) is 5.75 Å². The van der Waals surface area contributed by atoms with Crippen LogP contribution < -0.4 is 5.32 Å². The maximum absolute atomic E-state index is 8.79. The molecule has 0 bridgehead atoms. The van der Waals surface area contributed by atoms with E-state index in [4.69, 9.17) is 5.26 Å². The molecule has 1 N–H and O–H groups in total. The molecule has 0 unspecified atom stereocenters. The van der Waals surface area contributed by atoms with Crippen molar-refractivity contribution >= 4 is 17.4 Å². The van der Waals surface area contributed by atoms with Crippen LogP contribution in [0, 0.1) is 11.3 Å². The number of anilines is 1. The molecule has 0 aliphatic carbocycles. The fourth-order valence-electron chi connectivity index (χ4n) is 1.53. The Balaban J connectivity index is 2.31. The summed E-state index contributed by atoms with van der Waals surface area (Å²) < 4.78 is 0. The highest BCUT2D eigenvalue weighted by Gasteiger charge is 2.06. The van der Waals surface area contributed by atoms with Gasteiger partial charge in [-0.05, 0) is 35.9 Å². The minimum absolute atomic E-state index is 0.756. The minimum atomic E-state index is 0.756. The molecule has 0 amide bonds. The van der Waals surface area contributed by atoms with Gasteiger partial charge in [-0.2, -0.15) is 17.0 Å². The molecular weight excluding hydrogens is 192 g/mol.